The van der Waals surface area contributed by atoms with E-state index in [4.69, 9.17) is 9.47 Å². The molecule has 1 unspecified atom stereocenters. The normalized spacial score (nSPS) is 32.6. The zero-order valence-corrected chi connectivity index (χ0v) is 14.7. The first kappa shape index (κ1) is 19.4. The molecule has 6 heteroatoms. The van der Waals surface area contributed by atoms with Crippen LogP contribution in [0.1, 0.15) is 33.1 Å². The number of fused-ring (bicyclic) bond motifs is 1. The number of carbonyl (C=O) groups excluding carboxylic acids is 2. The number of hydrogen-bond acceptors (Lipinski definition) is 6. The van der Waals surface area contributed by atoms with Gasteiger partial charge in [0.2, 0.25) is 0 Å². The Morgan fingerprint density at radius 3 is 2.84 bits per heavy atom. The third-order valence-electron chi connectivity index (χ3n) is 4.69. The zero-order chi connectivity index (χ0) is 18.6. The van der Waals surface area contributed by atoms with Gasteiger partial charge in [0, 0.05) is 12.0 Å². The summed E-state index contributed by atoms with van der Waals surface area (Å²) in [7, 11) is 0. The molecule has 0 spiro atoms. The molecule has 2 N–H and O–H groups in total. The van der Waals surface area contributed by atoms with Gasteiger partial charge in [0.15, 0.2) is 0 Å². The average Bonchev–Trinajstić information content (AvgIpc) is 2.86. The van der Waals surface area contributed by atoms with E-state index in [2.05, 4.69) is 6.58 Å². The van der Waals surface area contributed by atoms with Crippen LogP contribution in [0, 0.1) is 11.8 Å². The highest BCUT2D eigenvalue weighted by atomic mass is 16.6. The van der Waals surface area contributed by atoms with Crippen molar-refractivity contribution in [2.24, 2.45) is 11.8 Å². The first-order valence-corrected chi connectivity index (χ1v) is 8.54. The molecule has 1 heterocycles. The Morgan fingerprint density at radius 2 is 2.20 bits per heavy atom. The second-order valence-corrected chi connectivity index (χ2v) is 6.76. The molecule has 6 nitrogen and oxygen atoms in total. The van der Waals surface area contributed by atoms with Gasteiger partial charge in [-0.3, -0.25) is 4.79 Å². The van der Waals surface area contributed by atoms with Crippen LogP contribution in [0.4, 0.5) is 0 Å². The zero-order valence-electron chi connectivity index (χ0n) is 14.7. The number of aliphatic hydroxyl groups is 2. The van der Waals surface area contributed by atoms with E-state index in [1.54, 1.807) is 13.0 Å². The van der Waals surface area contributed by atoms with Gasteiger partial charge in [0.25, 0.3) is 0 Å². The number of aliphatic hydroxyl groups excluding tert-OH is 2. The molecule has 138 valence electrons. The minimum Gasteiger partial charge on any atom is -0.461 e. The van der Waals surface area contributed by atoms with Crippen LogP contribution in [-0.2, 0) is 19.1 Å². The molecular formula is C19H26O6. The molecule has 0 amide bonds. The van der Waals surface area contributed by atoms with E-state index in [0.717, 1.165) is 17.6 Å². The lowest BCUT2D eigenvalue weighted by Crippen LogP contribution is -2.35. The number of carbonyl (C=O) groups is 2. The fourth-order valence-electron chi connectivity index (χ4n) is 3.11. The van der Waals surface area contributed by atoms with Gasteiger partial charge >= 0.3 is 11.9 Å². The predicted octanol–water partition coefficient (Wildman–Crippen LogP) is 1.67. The molecule has 1 aliphatic heterocycles. The monoisotopic (exact) mass is 350 g/mol. The number of esters is 2. The molecule has 0 bridgehead atoms. The molecule has 1 aliphatic carbocycles. The number of allylic oxidation sites excluding steroid dienone is 1. The molecule has 1 fully saturated rings. The summed E-state index contributed by atoms with van der Waals surface area (Å²) in [6, 6.07) is 0. The fourth-order valence-corrected chi connectivity index (χ4v) is 3.11. The van der Waals surface area contributed by atoms with E-state index in [1.165, 1.54) is 0 Å². The molecule has 2 aliphatic rings. The quantitative estimate of drug-likeness (QED) is 0.455. The molecule has 0 aromatic rings. The van der Waals surface area contributed by atoms with E-state index in [1.807, 2.05) is 13.0 Å². The summed E-state index contributed by atoms with van der Waals surface area (Å²) in [5, 5.41) is 18.7. The van der Waals surface area contributed by atoms with Gasteiger partial charge in [-0.25, -0.2) is 4.79 Å². The lowest BCUT2D eigenvalue weighted by molar-refractivity contribution is -0.157. The number of hydrogen-bond donors (Lipinski definition) is 2. The largest absolute Gasteiger partial charge is 0.461 e. The van der Waals surface area contributed by atoms with Crippen molar-refractivity contribution in [2.75, 3.05) is 13.2 Å². The van der Waals surface area contributed by atoms with Gasteiger partial charge < -0.3 is 19.7 Å². The summed E-state index contributed by atoms with van der Waals surface area (Å²) in [6.45, 7) is 6.91. The molecule has 2 rings (SSSR count). The van der Waals surface area contributed by atoms with E-state index in [9.17, 15) is 19.8 Å². The number of rotatable bonds is 4. The molecule has 0 saturated carbocycles. The van der Waals surface area contributed by atoms with Crippen molar-refractivity contribution in [3.05, 3.63) is 35.5 Å². The van der Waals surface area contributed by atoms with Crippen molar-refractivity contribution >= 4 is 11.9 Å². The predicted molar refractivity (Wildman–Crippen MR) is 91.4 cm³/mol. The Balaban J connectivity index is 2.37. The highest BCUT2D eigenvalue weighted by Crippen LogP contribution is 2.36. The van der Waals surface area contributed by atoms with E-state index in [0.29, 0.717) is 12.8 Å². The Kier molecular flexibility index (Phi) is 6.56. The standard InChI is InChI=1S/C19H26O6/c1-11-5-4-6-14(10-21)8-16-17(13(3)19(23)25-16)15(7-11)24-18(22)12(2)9-20/h5,8,12,15-17,20-21H,3-4,6-7,9-10H2,1-2H3/b11-5-,14-8+/t12?,15-,16+,17+/m0/s1. The maximum absolute atomic E-state index is 12.2. The second kappa shape index (κ2) is 8.45. The van der Waals surface area contributed by atoms with Crippen LogP contribution in [0.25, 0.3) is 0 Å². The molecule has 1 saturated heterocycles. The molecule has 0 aromatic carbocycles. The van der Waals surface area contributed by atoms with E-state index >= 15 is 0 Å². The first-order valence-electron chi connectivity index (χ1n) is 8.54. The van der Waals surface area contributed by atoms with Crippen LogP contribution in [-0.4, -0.2) is 47.6 Å². The molecular weight excluding hydrogens is 324 g/mol. The van der Waals surface area contributed by atoms with Gasteiger partial charge in [-0.15, -0.1) is 0 Å². The van der Waals surface area contributed by atoms with Crippen LogP contribution >= 0.6 is 0 Å². The topological polar surface area (TPSA) is 93.1 Å². The average molecular weight is 350 g/mol. The van der Waals surface area contributed by atoms with Gasteiger partial charge in [0.1, 0.15) is 12.2 Å². The van der Waals surface area contributed by atoms with Crippen molar-refractivity contribution in [3.63, 3.8) is 0 Å². The van der Waals surface area contributed by atoms with Crippen LogP contribution in [0.2, 0.25) is 0 Å². The minimum absolute atomic E-state index is 0.119. The van der Waals surface area contributed by atoms with Crippen LogP contribution < -0.4 is 0 Å². The smallest absolute Gasteiger partial charge is 0.334 e. The lowest BCUT2D eigenvalue weighted by atomic mass is 9.85. The second-order valence-electron chi connectivity index (χ2n) is 6.76. The summed E-state index contributed by atoms with van der Waals surface area (Å²) in [6.07, 6.45) is 4.44. The van der Waals surface area contributed by atoms with Gasteiger partial charge in [-0.1, -0.05) is 18.2 Å². The van der Waals surface area contributed by atoms with E-state index in [-0.39, 0.29) is 18.8 Å². The summed E-state index contributed by atoms with van der Waals surface area (Å²) < 4.78 is 11.0. The molecule has 4 atom stereocenters. The van der Waals surface area contributed by atoms with Crippen molar-refractivity contribution < 1.29 is 29.3 Å². The molecule has 25 heavy (non-hydrogen) atoms. The lowest BCUT2D eigenvalue weighted by Gasteiger charge is -2.28. The van der Waals surface area contributed by atoms with Crippen LogP contribution in [0.5, 0.6) is 0 Å². The Labute approximate surface area is 147 Å². The van der Waals surface area contributed by atoms with Gasteiger partial charge in [0.05, 0.1) is 25.0 Å². The highest BCUT2D eigenvalue weighted by molar-refractivity contribution is 5.91. The summed E-state index contributed by atoms with van der Waals surface area (Å²) in [5.74, 6) is -2.19. The van der Waals surface area contributed by atoms with E-state index < -0.39 is 36.0 Å². The summed E-state index contributed by atoms with van der Waals surface area (Å²) >= 11 is 0. The van der Waals surface area contributed by atoms with Gasteiger partial charge in [-0.2, -0.15) is 0 Å². The van der Waals surface area contributed by atoms with Crippen LogP contribution in [0.15, 0.2) is 35.5 Å². The van der Waals surface area contributed by atoms with Crippen molar-refractivity contribution in [2.45, 2.75) is 45.3 Å². The summed E-state index contributed by atoms with van der Waals surface area (Å²) in [5.41, 5.74) is 2.07. The highest BCUT2D eigenvalue weighted by Gasteiger charge is 2.44. The Hall–Kier alpha value is -1.92. The first-order chi connectivity index (χ1) is 11.9. The maximum Gasteiger partial charge on any atom is 0.334 e. The molecule has 0 aromatic heterocycles. The Morgan fingerprint density at radius 1 is 1.48 bits per heavy atom. The summed E-state index contributed by atoms with van der Waals surface area (Å²) in [4.78, 5) is 24.2. The SMILES string of the molecule is C=C1C(=O)O[C@@H]2/C=C(/CO)CC/C=C(/C)C[C@H](OC(=O)C(C)CO)[C@@H]12. The van der Waals surface area contributed by atoms with Crippen LogP contribution in [0.3, 0.4) is 0 Å². The third kappa shape index (κ3) is 4.58. The van der Waals surface area contributed by atoms with Crippen molar-refractivity contribution in [3.8, 4) is 0 Å². The number of ether oxygens (including phenoxy) is 2. The maximum atomic E-state index is 12.2. The third-order valence-corrected chi connectivity index (χ3v) is 4.69. The Bertz CT molecular complexity index is 603. The minimum atomic E-state index is -0.645. The van der Waals surface area contributed by atoms with Crippen molar-refractivity contribution in [1.82, 2.24) is 0 Å². The van der Waals surface area contributed by atoms with Crippen molar-refractivity contribution in [1.29, 1.82) is 0 Å². The fraction of sp³-hybridized carbons (Fsp3) is 0.579. The molecule has 0 radical (unpaired) electrons. The van der Waals surface area contributed by atoms with Gasteiger partial charge in [-0.05, 0) is 38.3 Å².